The highest BCUT2D eigenvalue weighted by molar-refractivity contribution is 6.07. The number of fused-ring (bicyclic) bond motifs is 4. The number of aryl methyl sites for hydroxylation is 1. The van der Waals surface area contributed by atoms with Crippen molar-refractivity contribution in [3.8, 4) is 22.3 Å². The van der Waals surface area contributed by atoms with Gasteiger partial charge in [-0.05, 0) is 93.2 Å². The van der Waals surface area contributed by atoms with Crippen LogP contribution in [-0.2, 0) is 0 Å². The van der Waals surface area contributed by atoms with E-state index < -0.39 is 0 Å². The van der Waals surface area contributed by atoms with Crippen LogP contribution in [0.1, 0.15) is 44.9 Å². The molecule has 34 heavy (non-hydrogen) atoms. The molecule has 1 aliphatic rings. The summed E-state index contributed by atoms with van der Waals surface area (Å²) in [5.74, 6) is 0.110. The monoisotopic (exact) mass is 437 g/mol. The first-order chi connectivity index (χ1) is 16.6. The Bertz CT molecular complexity index is 1560. The van der Waals surface area contributed by atoms with Crippen LogP contribution in [0.25, 0.3) is 33.0 Å². The molecule has 0 fully saturated rings. The highest BCUT2D eigenvalue weighted by atomic mass is 14.4. The van der Waals surface area contributed by atoms with Gasteiger partial charge in [-0.1, -0.05) is 84.9 Å². The van der Waals surface area contributed by atoms with Crippen LogP contribution < -0.4 is 0 Å². The van der Waals surface area contributed by atoms with E-state index in [-0.39, 0.29) is 5.92 Å². The van der Waals surface area contributed by atoms with Crippen molar-refractivity contribution in [3.63, 3.8) is 0 Å². The Morgan fingerprint density at radius 3 is 1.91 bits per heavy atom. The minimum Gasteiger partial charge on any atom is -0.308 e. The second kappa shape index (κ2) is 7.81. The summed E-state index contributed by atoms with van der Waals surface area (Å²) >= 11 is 0. The maximum Gasteiger partial charge on any atom is 0.0359 e. The Hall–Kier alpha value is -3.97. The molecule has 1 aliphatic carbocycles. The Labute approximate surface area is 201 Å². The molecule has 1 nitrogen and oxygen atoms in total. The van der Waals surface area contributed by atoms with Crippen molar-refractivity contribution in [2.75, 3.05) is 0 Å². The van der Waals surface area contributed by atoms with Gasteiger partial charge in [-0.3, -0.25) is 0 Å². The molecule has 1 heteroatoms. The highest BCUT2D eigenvalue weighted by Gasteiger charge is 2.32. The molecule has 0 amide bonds. The van der Waals surface area contributed by atoms with Crippen molar-refractivity contribution in [2.24, 2.45) is 0 Å². The van der Waals surface area contributed by atoms with Crippen molar-refractivity contribution in [1.29, 1.82) is 5.41 Å². The van der Waals surface area contributed by atoms with Gasteiger partial charge >= 0.3 is 0 Å². The Kier molecular flexibility index (Phi) is 4.74. The zero-order valence-electron chi connectivity index (χ0n) is 19.8. The van der Waals surface area contributed by atoms with E-state index in [1.165, 1.54) is 66.4 Å². The van der Waals surface area contributed by atoms with E-state index in [1.807, 2.05) is 0 Å². The van der Waals surface area contributed by atoms with Crippen LogP contribution in [0.15, 0.2) is 91.0 Å². The summed E-state index contributed by atoms with van der Waals surface area (Å²) in [6.45, 7) is 6.59. The molecule has 0 unspecified atom stereocenters. The second-order valence-electron chi connectivity index (χ2n) is 9.41. The Balaban J connectivity index is 1.74. The molecule has 0 aromatic heterocycles. The van der Waals surface area contributed by atoms with E-state index in [1.54, 1.807) is 6.21 Å². The lowest BCUT2D eigenvalue weighted by atomic mass is 9.80. The van der Waals surface area contributed by atoms with Crippen molar-refractivity contribution in [1.82, 2.24) is 0 Å². The Morgan fingerprint density at radius 1 is 0.618 bits per heavy atom. The number of nitrogens with one attached hydrogen (secondary N) is 1. The van der Waals surface area contributed by atoms with Gasteiger partial charge in [-0.15, -0.1) is 0 Å². The van der Waals surface area contributed by atoms with E-state index in [2.05, 4.69) is 112 Å². The number of rotatable bonds is 3. The van der Waals surface area contributed by atoms with Gasteiger partial charge in [-0.25, -0.2) is 0 Å². The summed E-state index contributed by atoms with van der Waals surface area (Å²) in [4.78, 5) is 0. The summed E-state index contributed by atoms with van der Waals surface area (Å²) in [6, 6.07) is 32.9. The highest BCUT2D eigenvalue weighted by Crippen LogP contribution is 2.50. The average Bonchev–Trinajstić information content (AvgIpc) is 3.21. The average molecular weight is 438 g/mol. The van der Waals surface area contributed by atoms with E-state index in [4.69, 9.17) is 5.41 Å². The summed E-state index contributed by atoms with van der Waals surface area (Å²) in [6.07, 6.45) is 1.58. The lowest BCUT2D eigenvalue weighted by Gasteiger charge is -2.23. The van der Waals surface area contributed by atoms with E-state index in [9.17, 15) is 0 Å². The quantitative estimate of drug-likeness (QED) is 0.268. The third-order valence-corrected chi connectivity index (χ3v) is 7.74. The normalized spacial score (nSPS) is 12.6. The summed E-state index contributed by atoms with van der Waals surface area (Å²) in [7, 11) is 0. The molecule has 5 aromatic rings. The van der Waals surface area contributed by atoms with E-state index in [0.29, 0.717) is 0 Å². The van der Waals surface area contributed by atoms with Gasteiger partial charge in [0.1, 0.15) is 0 Å². The molecule has 1 N–H and O–H groups in total. The molecule has 0 heterocycles. The molecule has 0 saturated carbocycles. The molecule has 0 aliphatic heterocycles. The van der Waals surface area contributed by atoms with Gasteiger partial charge in [0.2, 0.25) is 0 Å². The maximum absolute atomic E-state index is 8.62. The number of benzene rings is 5. The van der Waals surface area contributed by atoms with Crippen LogP contribution in [0.3, 0.4) is 0 Å². The van der Waals surface area contributed by atoms with Gasteiger partial charge in [0.15, 0.2) is 0 Å². The maximum atomic E-state index is 8.62. The number of hydrogen-bond donors (Lipinski definition) is 1. The van der Waals surface area contributed by atoms with Crippen molar-refractivity contribution < 1.29 is 0 Å². The standard InChI is InChI=1S/C33H27N/c1-20-16-17-24(22(3)21(20)2)32-25-11-5-4-10-23(25)18-30(31(32)19-34)33-28-14-8-6-12-26(28)27-13-7-9-15-29(27)33/h4-19,33-34H,1-3H3. The zero-order valence-corrected chi connectivity index (χ0v) is 19.8. The van der Waals surface area contributed by atoms with Crippen LogP contribution in [0, 0.1) is 26.2 Å². The second-order valence-corrected chi connectivity index (χ2v) is 9.41. The number of hydrogen-bond acceptors (Lipinski definition) is 1. The minimum absolute atomic E-state index is 0.110. The third kappa shape index (κ3) is 2.90. The van der Waals surface area contributed by atoms with Crippen LogP contribution in [0.4, 0.5) is 0 Å². The predicted molar refractivity (Wildman–Crippen MR) is 144 cm³/mol. The van der Waals surface area contributed by atoms with Crippen LogP contribution >= 0.6 is 0 Å². The van der Waals surface area contributed by atoms with Gasteiger partial charge in [0.25, 0.3) is 0 Å². The SMILES string of the molecule is Cc1ccc(-c2c(C=N)c(C3c4ccccc4-c4ccccc43)cc3ccccc23)c(C)c1C. The third-order valence-electron chi connectivity index (χ3n) is 7.74. The van der Waals surface area contributed by atoms with Gasteiger partial charge in [-0.2, -0.15) is 0 Å². The molecule has 0 atom stereocenters. The summed E-state index contributed by atoms with van der Waals surface area (Å²) in [5, 5.41) is 11.0. The topological polar surface area (TPSA) is 23.9 Å². The minimum atomic E-state index is 0.110. The summed E-state index contributed by atoms with van der Waals surface area (Å²) in [5.41, 5.74) is 13.8. The van der Waals surface area contributed by atoms with Gasteiger partial charge in [0.05, 0.1) is 0 Å². The zero-order chi connectivity index (χ0) is 23.4. The van der Waals surface area contributed by atoms with Crippen molar-refractivity contribution in [2.45, 2.75) is 26.7 Å². The van der Waals surface area contributed by atoms with Gasteiger partial charge < -0.3 is 5.41 Å². The van der Waals surface area contributed by atoms with Crippen molar-refractivity contribution in [3.05, 3.63) is 130 Å². The van der Waals surface area contributed by atoms with Crippen LogP contribution in [0.2, 0.25) is 0 Å². The lowest BCUT2D eigenvalue weighted by Crippen LogP contribution is -2.06. The molecule has 164 valence electrons. The van der Waals surface area contributed by atoms with Crippen LogP contribution in [0.5, 0.6) is 0 Å². The van der Waals surface area contributed by atoms with Gasteiger partial charge in [0, 0.05) is 17.7 Å². The molecule has 5 aromatic carbocycles. The molecule has 6 rings (SSSR count). The first-order valence-electron chi connectivity index (χ1n) is 11.9. The molecular weight excluding hydrogens is 410 g/mol. The summed E-state index contributed by atoms with van der Waals surface area (Å²) < 4.78 is 0. The fraction of sp³-hybridized carbons (Fsp3) is 0.121. The first kappa shape index (κ1) is 20.6. The first-order valence-corrected chi connectivity index (χ1v) is 11.9. The molecular formula is C33H27N. The van der Waals surface area contributed by atoms with E-state index in [0.717, 1.165) is 5.56 Å². The fourth-order valence-corrected chi connectivity index (χ4v) is 5.79. The predicted octanol–water partition coefficient (Wildman–Crippen LogP) is 8.59. The molecule has 0 radical (unpaired) electrons. The fourth-order valence-electron chi connectivity index (χ4n) is 5.79. The molecule has 0 bridgehead atoms. The molecule has 0 saturated heterocycles. The van der Waals surface area contributed by atoms with Crippen LogP contribution in [-0.4, -0.2) is 6.21 Å². The van der Waals surface area contributed by atoms with Crippen molar-refractivity contribution >= 4 is 17.0 Å². The Morgan fingerprint density at radius 2 is 1.24 bits per heavy atom. The lowest BCUT2D eigenvalue weighted by molar-refractivity contribution is 1.01. The molecule has 0 spiro atoms. The largest absolute Gasteiger partial charge is 0.308 e. The smallest absolute Gasteiger partial charge is 0.0359 e. The van der Waals surface area contributed by atoms with E-state index >= 15 is 0 Å².